The Morgan fingerprint density at radius 3 is 0.897 bits per heavy atom. The molecule has 1 unspecified atom stereocenters. The van der Waals surface area contributed by atoms with Crippen molar-refractivity contribution in [3.05, 3.63) is 12.2 Å². The first-order valence-electron chi connectivity index (χ1n) is 31.2. The van der Waals surface area contributed by atoms with Crippen LogP contribution in [-0.4, -0.2) is 37.9 Å². The van der Waals surface area contributed by atoms with Gasteiger partial charge in [0.1, 0.15) is 6.61 Å². The summed E-state index contributed by atoms with van der Waals surface area (Å²) < 4.78 is 17.5. The Morgan fingerprint density at radius 1 is 0.309 bits per heavy atom. The van der Waals surface area contributed by atoms with Gasteiger partial charge >= 0.3 is 11.9 Å². The van der Waals surface area contributed by atoms with Crippen LogP contribution in [0.3, 0.4) is 0 Å². The zero-order valence-corrected chi connectivity index (χ0v) is 46.7. The van der Waals surface area contributed by atoms with E-state index in [0.29, 0.717) is 26.1 Å². The fraction of sp³-hybridized carbons (Fsp3) is 0.937. The van der Waals surface area contributed by atoms with Crippen molar-refractivity contribution in [3.63, 3.8) is 0 Å². The third kappa shape index (κ3) is 57.2. The number of hydrogen-bond donors (Lipinski definition) is 0. The van der Waals surface area contributed by atoms with Crippen molar-refractivity contribution in [2.45, 2.75) is 361 Å². The van der Waals surface area contributed by atoms with Crippen LogP contribution in [-0.2, 0) is 23.8 Å². The zero-order chi connectivity index (χ0) is 49.2. The molecule has 0 fully saturated rings. The van der Waals surface area contributed by atoms with E-state index in [1.807, 2.05) is 0 Å². The molecule has 0 aromatic rings. The van der Waals surface area contributed by atoms with Crippen LogP contribution in [0.25, 0.3) is 0 Å². The molecule has 0 aromatic carbocycles. The molecule has 68 heavy (non-hydrogen) atoms. The van der Waals surface area contributed by atoms with Crippen LogP contribution in [0.2, 0.25) is 0 Å². The Morgan fingerprint density at radius 2 is 0.574 bits per heavy atom. The molecule has 0 N–H and O–H groups in total. The lowest BCUT2D eigenvalue weighted by Gasteiger charge is -2.18. The molecule has 0 aliphatic heterocycles. The fourth-order valence-corrected chi connectivity index (χ4v) is 9.63. The van der Waals surface area contributed by atoms with Gasteiger partial charge in [-0.15, -0.1) is 0 Å². The lowest BCUT2D eigenvalue weighted by molar-refractivity contribution is -0.163. The van der Waals surface area contributed by atoms with E-state index >= 15 is 0 Å². The summed E-state index contributed by atoms with van der Waals surface area (Å²) >= 11 is 0. The summed E-state index contributed by atoms with van der Waals surface area (Å²) in [6.45, 7) is 7.92. The Kier molecular flexibility index (Phi) is 58.7. The van der Waals surface area contributed by atoms with Gasteiger partial charge in [0.25, 0.3) is 0 Å². The maximum Gasteiger partial charge on any atom is 0.306 e. The molecule has 0 spiro atoms. The molecule has 0 aromatic heterocycles. The van der Waals surface area contributed by atoms with Crippen LogP contribution < -0.4 is 0 Å². The van der Waals surface area contributed by atoms with Gasteiger partial charge < -0.3 is 14.2 Å². The van der Waals surface area contributed by atoms with E-state index in [2.05, 4.69) is 32.9 Å². The molecular formula is C63H122O5. The van der Waals surface area contributed by atoms with E-state index in [9.17, 15) is 9.59 Å². The second kappa shape index (κ2) is 59.9. The summed E-state index contributed by atoms with van der Waals surface area (Å²) in [6, 6.07) is 0. The third-order valence-corrected chi connectivity index (χ3v) is 14.3. The smallest absolute Gasteiger partial charge is 0.306 e. The summed E-state index contributed by atoms with van der Waals surface area (Å²) in [6.07, 6.45) is 71.0. The molecule has 0 saturated heterocycles. The van der Waals surface area contributed by atoms with Gasteiger partial charge in [0, 0.05) is 19.4 Å². The van der Waals surface area contributed by atoms with Crippen molar-refractivity contribution in [1.82, 2.24) is 0 Å². The van der Waals surface area contributed by atoms with E-state index in [-0.39, 0.29) is 18.5 Å². The Balaban J connectivity index is 4.19. The second-order valence-electron chi connectivity index (χ2n) is 21.3. The molecule has 5 nitrogen and oxygen atoms in total. The van der Waals surface area contributed by atoms with E-state index < -0.39 is 6.10 Å². The number of rotatable bonds is 59. The number of ether oxygens (including phenoxy) is 3. The van der Waals surface area contributed by atoms with Crippen LogP contribution in [0.4, 0.5) is 0 Å². The number of unbranched alkanes of at least 4 members (excludes halogenated alkanes) is 46. The highest BCUT2D eigenvalue weighted by molar-refractivity contribution is 5.70. The van der Waals surface area contributed by atoms with Crippen LogP contribution >= 0.6 is 0 Å². The maximum absolute atomic E-state index is 12.9. The minimum atomic E-state index is -0.529. The number of esters is 2. The monoisotopic (exact) mass is 959 g/mol. The largest absolute Gasteiger partial charge is 0.462 e. The molecule has 0 bridgehead atoms. The Hall–Kier alpha value is -1.36. The predicted molar refractivity (Wildman–Crippen MR) is 298 cm³/mol. The van der Waals surface area contributed by atoms with Gasteiger partial charge in [0.2, 0.25) is 0 Å². The first-order chi connectivity index (χ1) is 33.6. The van der Waals surface area contributed by atoms with Crippen LogP contribution in [0.15, 0.2) is 12.2 Å². The normalized spacial score (nSPS) is 12.1. The van der Waals surface area contributed by atoms with Gasteiger partial charge in [-0.25, -0.2) is 0 Å². The molecule has 0 heterocycles. The molecule has 5 heteroatoms. The summed E-state index contributed by atoms with van der Waals surface area (Å²) in [7, 11) is 0. The SMILES string of the molecule is CCCCCCCC/C=C\CCCCCCCCCC(=O)OCC(COCCCCCCCCCCCCCCCCCCCCCC)OC(=O)CCCCCCCCCCCCCCCCC. The number of hydrogen-bond acceptors (Lipinski definition) is 5. The summed E-state index contributed by atoms with van der Waals surface area (Å²) in [5.41, 5.74) is 0. The topological polar surface area (TPSA) is 61.8 Å². The van der Waals surface area contributed by atoms with Crippen molar-refractivity contribution >= 4 is 11.9 Å². The van der Waals surface area contributed by atoms with Gasteiger partial charge in [-0.3, -0.25) is 9.59 Å². The predicted octanol–water partition coefficient (Wildman–Crippen LogP) is 21.4. The van der Waals surface area contributed by atoms with Crippen molar-refractivity contribution in [2.24, 2.45) is 0 Å². The molecule has 0 radical (unpaired) electrons. The third-order valence-electron chi connectivity index (χ3n) is 14.3. The van der Waals surface area contributed by atoms with Gasteiger partial charge in [-0.05, 0) is 44.9 Å². The lowest BCUT2D eigenvalue weighted by Crippen LogP contribution is -2.30. The average Bonchev–Trinajstić information content (AvgIpc) is 3.34. The second-order valence-corrected chi connectivity index (χ2v) is 21.3. The molecule has 404 valence electrons. The average molecular weight is 960 g/mol. The van der Waals surface area contributed by atoms with Gasteiger partial charge in [0.05, 0.1) is 6.61 Å². The molecule has 0 aliphatic rings. The van der Waals surface area contributed by atoms with Crippen molar-refractivity contribution in [1.29, 1.82) is 0 Å². The standard InChI is InChI=1S/C63H122O5/c1-4-7-10-13-16-19-22-25-28-30-31-32-34-37-40-43-46-49-52-55-58-66-59-61(68-63(65)57-54-51-48-45-42-39-35-27-24-21-18-15-12-9-6-3)60-67-62(64)56-53-50-47-44-41-38-36-33-29-26-23-20-17-14-11-8-5-2/h26,29,61H,4-25,27-28,30-60H2,1-3H3/b29-26-. The Labute approximate surface area is 426 Å². The minimum Gasteiger partial charge on any atom is -0.462 e. The highest BCUT2D eigenvalue weighted by Crippen LogP contribution is 2.18. The first-order valence-corrected chi connectivity index (χ1v) is 31.2. The van der Waals surface area contributed by atoms with E-state index in [1.165, 1.54) is 289 Å². The summed E-state index contributed by atoms with van der Waals surface area (Å²) in [4.78, 5) is 25.6. The van der Waals surface area contributed by atoms with Gasteiger partial charge in [-0.2, -0.15) is 0 Å². The number of carbonyl (C=O) groups excluding carboxylic acids is 2. The van der Waals surface area contributed by atoms with Gasteiger partial charge in [-0.1, -0.05) is 309 Å². The van der Waals surface area contributed by atoms with E-state index in [0.717, 1.165) is 32.1 Å². The molecule has 0 amide bonds. The molecule has 1 atom stereocenters. The number of allylic oxidation sites excluding steroid dienone is 2. The summed E-state index contributed by atoms with van der Waals surface area (Å²) in [5.74, 6) is -0.373. The van der Waals surface area contributed by atoms with Crippen LogP contribution in [0.1, 0.15) is 355 Å². The molecule has 0 aliphatic carbocycles. The van der Waals surface area contributed by atoms with Crippen molar-refractivity contribution < 1.29 is 23.8 Å². The van der Waals surface area contributed by atoms with E-state index in [4.69, 9.17) is 14.2 Å². The number of carbonyl (C=O) groups is 2. The first kappa shape index (κ1) is 66.6. The highest BCUT2D eigenvalue weighted by Gasteiger charge is 2.18. The minimum absolute atomic E-state index is 0.0933. The van der Waals surface area contributed by atoms with Crippen LogP contribution in [0.5, 0.6) is 0 Å². The Bertz CT molecular complexity index is 994. The molecule has 0 saturated carbocycles. The molecular weight excluding hydrogens is 837 g/mol. The zero-order valence-electron chi connectivity index (χ0n) is 46.7. The maximum atomic E-state index is 12.9. The quantitative estimate of drug-likeness (QED) is 0.0345. The van der Waals surface area contributed by atoms with E-state index in [1.54, 1.807) is 0 Å². The summed E-state index contributed by atoms with van der Waals surface area (Å²) in [5, 5.41) is 0. The highest BCUT2D eigenvalue weighted by atomic mass is 16.6. The van der Waals surface area contributed by atoms with Crippen molar-refractivity contribution in [3.8, 4) is 0 Å². The molecule has 0 rings (SSSR count). The van der Waals surface area contributed by atoms with Crippen molar-refractivity contribution in [2.75, 3.05) is 19.8 Å². The van der Waals surface area contributed by atoms with Gasteiger partial charge in [0.15, 0.2) is 6.10 Å². The fourth-order valence-electron chi connectivity index (χ4n) is 9.63. The van der Waals surface area contributed by atoms with Crippen LogP contribution in [0, 0.1) is 0 Å². The lowest BCUT2D eigenvalue weighted by atomic mass is 10.0.